The summed E-state index contributed by atoms with van der Waals surface area (Å²) in [4.78, 5) is 4.01. The van der Waals surface area contributed by atoms with Gasteiger partial charge in [-0.15, -0.1) is 0 Å². The molecule has 0 saturated heterocycles. The van der Waals surface area contributed by atoms with E-state index in [0.29, 0.717) is 10.0 Å². The molecule has 0 radical (unpaired) electrons. The first-order chi connectivity index (χ1) is 14.3. The summed E-state index contributed by atoms with van der Waals surface area (Å²) in [6.07, 6.45) is 4.95. The number of aryl methyl sites for hydroxylation is 1. The highest BCUT2D eigenvalue weighted by Crippen LogP contribution is 2.42. The second-order valence-electron chi connectivity index (χ2n) is 7.74. The first kappa shape index (κ1) is 21.4. The number of nitrogens with one attached hydrogen (secondary N) is 1. The van der Waals surface area contributed by atoms with E-state index in [9.17, 15) is 8.42 Å². The molecule has 158 valence electrons. The Kier molecular flexibility index (Phi) is 5.95. The van der Waals surface area contributed by atoms with Gasteiger partial charge in [-0.1, -0.05) is 47.5 Å². The third-order valence-electron chi connectivity index (χ3n) is 5.70. The van der Waals surface area contributed by atoms with Crippen molar-refractivity contribution in [3.05, 3.63) is 81.2 Å². The van der Waals surface area contributed by atoms with Gasteiger partial charge in [0.15, 0.2) is 5.03 Å². The third kappa shape index (κ3) is 4.14. The van der Waals surface area contributed by atoms with E-state index in [1.165, 1.54) is 18.1 Å². The zero-order valence-corrected chi connectivity index (χ0v) is 19.1. The number of halogens is 2. The molecule has 2 aromatic carbocycles. The molecule has 2 atom stereocenters. The van der Waals surface area contributed by atoms with Gasteiger partial charge in [0, 0.05) is 25.2 Å². The Balaban J connectivity index is 1.70. The number of hydrogen-bond donors (Lipinski definition) is 1. The summed E-state index contributed by atoms with van der Waals surface area (Å²) in [6.45, 7) is 0. The molecule has 8 heteroatoms. The van der Waals surface area contributed by atoms with E-state index in [1.807, 2.05) is 37.4 Å². The predicted octanol–water partition coefficient (Wildman–Crippen LogP) is 4.89. The monoisotopic (exact) mass is 463 g/mol. The van der Waals surface area contributed by atoms with E-state index in [4.69, 9.17) is 23.2 Å². The normalized spacial score (nSPS) is 18.9. The lowest BCUT2D eigenvalue weighted by Gasteiger charge is -2.32. The van der Waals surface area contributed by atoms with Crippen LogP contribution in [0.2, 0.25) is 10.0 Å². The maximum Gasteiger partial charge on any atom is 0.201 e. The molecule has 5 nitrogen and oxygen atoms in total. The van der Waals surface area contributed by atoms with Crippen molar-refractivity contribution in [3.8, 4) is 0 Å². The molecule has 30 heavy (non-hydrogen) atoms. The Morgan fingerprint density at radius 2 is 1.90 bits per heavy atom. The summed E-state index contributed by atoms with van der Waals surface area (Å²) in [7, 11) is 0.188. The Morgan fingerprint density at radius 1 is 1.10 bits per heavy atom. The minimum atomic E-state index is -3.50. The Labute approximate surface area is 187 Å². The third-order valence-corrected chi connectivity index (χ3v) is 8.00. The average Bonchev–Trinajstić information content (AvgIpc) is 3.16. The van der Waals surface area contributed by atoms with Gasteiger partial charge < -0.3 is 9.88 Å². The van der Waals surface area contributed by atoms with Crippen molar-refractivity contribution in [3.63, 3.8) is 0 Å². The van der Waals surface area contributed by atoms with Gasteiger partial charge in [0.25, 0.3) is 0 Å². The Hall–Kier alpha value is -1.86. The van der Waals surface area contributed by atoms with E-state index in [-0.39, 0.29) is 22.7 Å². The molecule has 1 heterocycles. The number of rotatable bonds is 5. The molecular formula is C22H23Cl2N3O2S. The summed E-state index contributed by atoms with van der Waals surface area (Å²) in [6, 6.07) is 11.9. The maximum atomic E-state index is 12.8. The number of aromatic nitrogens is 2. The summed E-state index contributed by atoms with van der Waals surface area (Å²) >= 11 is 12.3. The fourth-order valence-corrected chi connectivity index (χ4v) is 5.80. The van der Waals surface area contributed by atoms with Crippen molar-refractivity contribution in [2.45, 2.75) is 35.6 Å². The largest absolute Gasteiger partial charge is 0.339 e. The lowest BCUT2D eigenvalue weighted by molar-refractivity contribution is 0.470. The summed E-state index contributed by atoms with van der Waals surface area (Å²) in [5, 5.41) is 4.55. The molecule has 0 aliphatic heterocycles. The highest BCUT2D eigenvalue weighted by atomic mass is 35.5. The fourth-order valence-electron chi connectivity index (χ4n) is 4.20. The molecule has 0 amide bonds. The van der Waals surface area contributed by atoms with Crippen molar-refractivity contribution >= 4 is 33.0 Å². The highest BCUT2D eigenvalue weighted by Gasteiger charge is 2.29. The zero-order valence-electron chi connectivity index (χ0n) is 16.8. The molecule has 0 unspecified atom stereocenters. The van der Waals surface area contributed by atoms with E-state index < -0.39 is 9.84 Å². The first-order valence-electron chi connectivity index (χ1n) is 9.74. The van der Waals surface area contributed by atoms with E-state index in [1.54, 1.807) is 11.6 Å². The van der Waals surface area contributed by atoms with Crippen molar-refractivity contribution in [2.75, 3.05) is 7.05 Å². The van der Waals surface area contributed by atoms with Crippen LogP contribution in [0.1, 0.15) is 47.1 Å². The topological polar surface area (TPSA) is 64.0 Å². The number of nitrogens with zero attached hydrogens (tertiary/aromatic N) is 2. The number of sulfone groups is 1. The molecule has 1 aliphatic rings. The van der Waals surface area contributed by atoms with Gasteiger partial charge in [0.2, 0.25) is 9.84 Å². The Morgan fingerprint density at radius 3 is 2.57 bits per heavy atom. The molecule has 0 saturated carbocycles. The van der Waals surface area contributed by atoms with Gasteiger partial charge in [-0.3, -0.25) is 0 Å². The van der Waals surface area contributed by atoms with Crippen molar-refractivity contribution in [1.29, 1.82) is 0 Å². The van der Waals surface area contributed by atoms with Crippen LogP contribution in [0, 0.1) is 0 Å². The average molecular weight is 464 g/mol. The summed E-state index contributed by atoms with van der Waals surface area (Å²) in [5.41, 5.74) is 4.20. The summed E-state index contributed by atoms with van der Waals surface area (Å²) in [5.74, 6) is 0.117. The highest BCUT2D eigenvalue weighted by molar-refractivity contribution is 7.90. The van der Waals surface area contributed by atoms with Gasteiger partial charge >= 0.3 is 0 Å². The second-order valence-corrected chi connectivity index (χ2v) is 10.5. The van der Waals surface area contributed by atoms with Gasteiger partial charge in [-0.25, -0.2) is 13.4 Å². The lowest BCUT2D eigenvalue weighted by atomic mass is 9.76. The molecule has 1 aromatic heterocycles. The number of fused-ring (bicyclic) bond motifs is 1. The summed E-state index contributed by atoms with van der Waals surface area (Å²) < 4.78 is 27.2. The molecule has 0 fully saturated rings. The van der Waals surface area contributed by atoms with Crippen LogP contribution in [-0.4, -0.2) is 25.0 Å². The number of imidazole rings is 1. The van der Waals surface area contributed by atoms with Crippen LogP contribution < -0.4 is 5.32 Å². The van der Waals surface area contributed by atoms with E-state index >= 15 is 0 Å². The quantitative estimate of drug-likeness (QED) is 0.584. The van der Waals surface area contributed by atoms with Gasteiger partial charge in [0.05, 0.1) is 22.1 Å². The van der Waals surface area contributed by atoms with Gasteiger partial charge in [-0.2, -0.15) is 0 Å². The van der Waals surface area contributed by atoms with Crippen molar-refractivity contribution < 1.29 is 8.42 Å². The van der Waals surface area contributed by atoms with Gasteiger partial charge in [0.1, 0.15) is 0 Å². The van der Waals surface area contributed by atoms with Crippen LogP contribution in [-0.2, 0) is 22.6 Å². The zero-order chi connectivity index (χ0) is 21.5. The van der Waals surface area contributed by atoms with Crippen LogP contribution in [0.3, 0.4) is 0 Å². The Bertz CT molecular complexity index is 1190. The fraction of sp³-hybridized carbons (Fsp3) is 0.318. The first-order valence-corrected chi connectivity index (χ1v) is 12.1. The number of hydrogen-bond acceptors (Lipinski definition) is 4. The molecule has 4 rings (SSSR count). The molecule has 3 aromatic rings. The minimum Gasteiger partial charge on any atom is -0.339 e. The smallest absolute Gasteiger partial charge is 0.201 e. The molecule has 1 aliphatic carbocycles. The molecular weight excluding hydrogens is 441 g/mol. The maximum absolute atomic E-state index is 12.8. The van der Waals surface area contributed by atoms with Crippen molar-refractivity contribution in [1.82, 2.24) is 14.9 Å². The molecule has 1 N–H and O–H groups in total. The molecule has 0 bridgehead atoms. The van der Waals surface area contributed by atoms with E-state index in [0.717, 1.165) is 29.5 Å². The van der Waals surface area contributed by atoms with Crippen LogP contribution >= 0.6 is 23.2 Å². The number of benzene rings is 2. The molecule has 0 spiro atoms. The predicted molar refractivity (Wildman–Crippen MR) is 120 cm³/mol. The van der Waals surface area contributed by atoms with Crippen LogP contribution in [0.5, 0.6) is 0 Å². The van der Waals surface area contributed by atoms with Crippen LogP contribution in [0.15, 0.2) is 53.9 Å². The van der Waals surface area contributed by atoms with Crippen LogP contribution in [0.25, 0.3) is 0 Å². The standard InChI is InChI=1S/C22H23Cl2N3O2S/c1-25-21-8-6-16(15-4-7-19(23)20(24)10-15)17-5-3-14(9-18(17)21)12-30(28,29)22-11-27(2)13-26-22/h3-5,7,9-11,13,16,21,25H,6,8,12H2,1-2H3/t16-,21-/m0/s1. The van der Waals surface area contributed by atoms with Crippen LogP contribution in [0.4, 0.5) is 0 Å². The minimum absolute atomic E-state index is 0.0782. The lowest BCUT2D eigenvalue weighted by Crippen LogP contribution is -2.24. The van der Waals surface area contributed by atoms with E-state index in [2.05, 4.69) is 16.4 Å². The second kappa shape index (κ2) is 8.35. The van der Waals surface area contributed by atoms with Gasteiger partial charge in [-0.05, 0) is 54.3 Å². The van der Waals surface area contributed by atoms with Crippen molar-refractivity contribution in [2.24, 2.45) is 7.05 Å². The SMILES string of the molecule is CN[C@H]1CC[C@@H](c2ccc(Cl)c(Cl)c2)c2ccc(CS(=O)(=O)c3cn(C)cn3)cc21.